The van der Waals surface area contributed by atoms with Crippen molar-refractivity contribution in [1.29, 1.82) is 0 Å². The van der Waals surface area contributed by atoms with Gasteiger partial charge in [-0.25, -0.2) is 0 Å². The lowest BCUT2D eigenvalue weighted by atomic mass is 9.73. The lowest BCUT2D eigenvalue weighted by Crippen LogP contribution is -2.46. The second-order valence-corrected chi connectivity index (χ2v) is 4.86. The summed E-state index contributed by atoms with van der Waals surface area (Å²) in [6.45, 7) is 8.65. The molecule has 0 bridgehead atoms. The van der Waals surface area contributed by atoms with E-state index in [0.717, 1.165) is 5.69 Å². The van der Waals surface area contributed by atoms with Crippen LogP contribution < -0.4 is 11.5 Å². The fraction of sp³-hybridized carbons (Fsp3) is 0.538. The zero-order valence-electron chi connectivity index (χ0n) is 10.1. The first-order valence-corrected chi connectivity index (χ1v) is 5.54. The molecule has 0 radical (unpaired) electrons. The molecule has 1 aromatic carbocycles. The molecule has 0 aliphatic carbocycles. The van der Waals surface area contributed by atoms with Crippen molar-refractivity contribution in [3.8, 4) is 0 Å². The molecular formula is C13H22N2. The van der Waals surface area contributed by atoms with Gasteiger partial charge in [0.25, 0.3) is 0 Å². The summed E-state index contributed by atoms with van der Waals surface area (Å²) in [6.07, 6.45) is 0. The lowest BCUT2D eigenvalue weighted by molar-refractivity contribution is 0.227. The molecule has 0 spiro atoms. The summed E-state index contributed by atoms with van der Waals surface area (Å²) in [5, 5.41) is 0. The molecule has 15 heavy (non-hydrogen) atoms. The van der Waals surface area contributed by atoms with Gasteiger partial charge in [-0.05, 0) is 29.5 Å². The number of hydrogen-bond acceptors (Lipinski definition) is 2. The number of benzene rings is 1. The minimum Gasteiger partial charge on any atom is -0.399 e. The van der Waals surface area contributed by atoms with Gasteiger partial charge in [0.2, 0.25) is 0 Å². The fourth-order valence-electron chi connectivity index (χ4n) is 2.11. The average Bonchev–Trinajstić information content (AvgIpc) is 2.17. The highest BCUT2D eigenvalue weighted by atomic mass is 14.8. The molecule has 0 unspecified atom stereocenters. The highest BCUT2D eigenvalue weighted by Gasteiger charge is 2.34. The first kappa shape index (κ1) is 12.1. The van der Waals surface area contributed by atoms with Crippen molar-refractivity contribution >= 4 is 5.69 Å². The Morgan fingerprint density at radius 2 is 1.33 bits per heavy atom. The molecule has 0 saturated carbocycles. The summed E-state index contributed by atoms with van der Waals surface area (Å²) in [5.74, 6) is 0.808. The molecule has 2 nitrogen and oxygen atoms in total. The van der Waals surface area contributed by atoms with Crippen LogP contribution in [0.5, 0.6) is 0 Å². The Hall–Kier alpha value is -1.02. The molecule has 0 aliphatic heterocycles. The normalized spacial score (nSPS) is 12.5. The first-order chi connectivity index (χ1) is 6.89. The maximum Gasteiger partial charge on any atom is 0.0456 e. The van der Waals surface area contributed by atoms with Crippen molar-refractivity contribution in [3.05, 3.63) is 29.8 Å². The predicted octanol–water partition coefficient (Wildman–Crippen LogP) is 2.73. The summed E-state index contributed by atoms with van der Waals surface area (Å²) in [6, 6.07) is 7.91. The molecule has 0 saturated heterocycles. The van der Waals surface area contributed by atoms with E-state index in [1.165, 1.54) is 5.56 Å². The van der Waals surface area contributed by atoms with Gasteiger partial charge in [0.1, 0.15) is 0 Å². The second-order valence-electron chi connectivity index (χ2n) is 4.86. The minimum absolute atomic E-state index is 0.270. The average molecular weight is 206 g/mol. The number of nitrogens with two attached hydrogens (primary N) is 2. The van der Waals surface area contributed by atoms with Gasteiger partial charge in [-0.2, -0.15) is 0 Å². The molecule has 0 amide bonds. The Bertz CT molecular complexity index is 304. The van der Waals surface area contributed by atoms with Crippen molar-refractivity contribution in [3.63, 3.8) is 0 Å². The lowest BCUT2D eigenvalue weighted by Gasteiger charge is -2.38. The molecule has 1 rings (SSSR count). The van der Waals surface area contributed by atoms with Crippen LogP contribution >= 0.6 is 0 Å². The zero-order chi connectivity index (χ0) is 11.6. The Labute approximate surface area is 92.7 Å². The molecule has 1 aromatic rings. The third-order valence-electron chi connectivity index (χ3n) is 3.32. The molecule has 0 aromatic heterocycles. The van der Waals surface area contributed by atoms with Gasteiger partial charge in [-0.1, -0.05) is 39.8 Å². The Kier molecular flexibility index (Phi) is 3.40. The zero-order valence-corrected chi connectivity index (χ0v) is 10.1. The van der Waals surface area contributed by atoms with Crippen LogP contribution in [0.2, 0.25) is 0 Å². The third kappa shape index (κ3) is 2.15. The number of hydrogen-bond donors (Lipinski definition) is 2. The summed E-state index contributed by atoms with van der Waals surface area (Å²) in [7, 11) is 0. The number of nitrogen functional groups attached to an aromatic ring is 1. The van der Waals surface area contributed by atoms with E-state index in [9.17, 15) is 0 Å². The molecule has 0 atom stereocenters. The van der Waals surface area contributed by atoms with Crippen molar-refractivity contribution in [2.75, 3.05) is 5.73 Å². The van der Waals surface area contributed by atoms with Gasteiger partial charge in [0.05, 0.1) is 0 Å². The number of rotatable bonds is 3. The summed E-state index contributed by atoms with van der Waals surface area (Å²) in [5.41, 5.74) is 13.9. The van der Waals surface area contributed by atoms with E-state index < -0.39 is 0 Å². The predicted molar refractivity (Wildman–Crippen MR) is 66.4 cm³/mol. The van der Waals surface area contributed by atoms with E-state index in [4.69, 9.17) is 11.5 Å². The van der Waals surface area contributed by atoms with Gasteiger partial charge in [0.15, 0.2) is 0 Å². The van der Waals surface area contributed by atoms with E-state index in [2.05, 4.69) is 27.7 Å². The van der Waals surface area contributed by atoms with Crippen LogP contribution in [0.1, 0.15) is 33.3 Å². The molecular weight excluding hydrogens is 184 g/mol. The van der Waals surface area contributed by atoms with Crippen molar-refractivity contribution in [1.82, 2.24) is 0 Å². The highest BCUT2D eigenvalue weighted by Crippen LogP contribution is 2.34. The topological polar surface area (TPSA) is 52.0 Å². The van der Waals surface area contributed by atoms with E-state index >= 15 is 0 Å². The Morgan fingerprint density at radius 1 is 0.933 bits per heavy atom. The Balaban J connectivity index is 3.16. The quantitative estimate of drug-likeness (QED) is 0.747. The van der Waals surface area contributed by atoms with Crippen LogP contribution in [0.15, 0.2) is 24.3 Å². The van der Waals surface area contributed by atoms with E-state index in [0.29, 0.717) is 11.8 Å². The first-order valence-electron chi connectivity index (χ1n) is 5.54. The van der Waals surface area contributed by atoms with E-state index in [1.54, 1.807) is 0 Å². The minimum atomic E-state index is -0.270. The van der Waals surface area contributed by atoms with E-state index in [1.807, 2.05) is 24.3 Å². The third-order valence-corrected chi connectivity index (χ3v) is 3.32. The molecule has 84 valence electrons. The van der Waals surface area contributed by atoms with Crippen LogP contribution in [0.25, 0.3) is 0 Å². The van der Waals surface area contributed by atoms with Crippen molar-refractivity contribution < 1.29 is 0 Å². The fourth-order valence-corrected chi connectivity index (χ4v) is 2.11. The largest absolute Gasteiger partial charge is 0.399 e. The highest BCUT2D eigenvalue weighted by molar-refractivity contribution is 5.41. The van der Waals surface area contributed by atoms with Crippen LogP contribution in [0.4, 0.5) is 5.69 Å². The maximum atomic E-state index is 6.51. The van der Waals surface area contributed by atoms with Gasteiger partial charge in [-0.3, -0.25) is 0 Å². The van der Waals surface area contributed by atoms with Crippen molar-refractivity contribution in [2.24, 2.45) is 17.6 Å². The molecule has 0 heterocycles. The molecule has 0 fully saturated rings. The van der Waals surface area contributed by atoms with Crippen LogP contribution in [0, 0.1) is 11.8 Å². The summed E-state index contributed by atoms with van der Waals surface area (Å²) < 4.78 is 0. The SMILES string of the molecule is CC(C)C(N)(c1ccc(N)cc1)C(C)C. The summed E-state index contributed by atoms with van der Waals surface area (Å²) in [4.78, 5) is 0. The Morgan fingerprint density at radius 3 is 1.67 bits per heavy atom. The second kappa shape index (κ2) is 4.23. The maximum absolute atomic E-state index is 6.51. The van der Waals surface area contributed by atoms with Crippen molar-refractivity contribution in [2.45, 2.75) is 33.2 Å². The monoisotopic (exact) mass is 206 g/mol. The molecule has 2 heteroatoms. The van der Waals surface area contributed by atoms with Crippen LogP contribution in [-0.2, 0) is 5.54 Å². The molecule has 4 N–H and O–H groups in total. The van der Waals surface area contributed by atoms with Crippen LogP contribution in [-0.4, -0.2) is 0 Å². The van der Waals surface area contributed by atoms with Gasteiger partial charge in [0, 0.05) is 11.2 Å². The summed E-state index contributed by atoms with van der Waals surface area (Å²) >= 11 is 0. The molecule has 0 aliphatic rings. The standard InChI is InChI=1S/C13H22N2/c1-9(2)13(15,10(3)4)11-5-7-12(14)8-6-11/h5-10H,14-15H2,1-4H3. The number of anilines is 1. The van der Waals surface area contributed by atoms with Gasteiger partial charge in [-0.15, -0.1) is 0 Å². The van der Waals surface area contributed by atoms with E-state index in [-0.39, 0.29) is 5.54 Å². The smallest absolute Gasteiger partial charge is 0.0456 e. The van der Waals surface area contributed by atoms with Gasteiger partial charge < -0.3 is 11.5 Å². The van der Waals surface area contributed by atoms with Gasteiger partial charge >= 0.3 is 0 Å². The van der Waals surface area contributed by atoms with Crippen LogP contribution in [0.3, 0.4) is 0 Å².